The lowest BCUT2D eigenvalue weighted by atomic mass is 9.79. The van der Waals surface area contributed by atoms with Crippen LogP contribution in [0.4, 0.5) is 8.78 Å². The van der Waals surface area contributed by atoms with Gasteiger partial charge in [0.2, 0.25) is 0 Å². The summed E-state index contributed by atoms with van der Waals surface area (Å²) in [6, 6.07) is 2.94. The molecular weight excluding hydrogens is 238 g/mol. The summed E-state index contributed by atoms with van der Waals surface area (Å²) in [6.07, 6.45) is 3.92. The molecule has 4 heteroatoms. The molecule has 1 aromatic carbocycles. The Labute approximate surface area is 105 Å². The number of Topliss-reactive ketones (excluding diaryl/α,β-unsaturated/α-hetero) is 1. The van der Waals surface area contributed by atoms with Crippen molar-refractivity contribution in [2.45, 2.75) is 37.7 Å². The van der Waals surface area contributed by atoms with E-state index in [0.29, 0.717) is 12.8 Å². The first-order valence-electron chi connectivity index (χ1n) is 6.14. The summed E-state index contributed by atoms with van der Waals surface area (Å²) in [7, 11) is 1.46. The molecule has 0 amide bonds. The SMILES string of the molecule is COC1(C(=O)c2cc(F)ccc2F)CCCCC1. The fourth-order valence-corrected chi connectivity index (χ4v) is 2.56. The van der Waals surface area contributed by atoms with Gasteiger partial charge in [0.05, 0.1) is 5.56 Å². The summed E-state index contributed by atoms with van der Waals surface area (Å²) in [4.78, 5) is 12.4. The van der Waals surface area contributed by atoms with Crippen LogP contribution in [-0.2, 0) is 4.74 Å². The first-order valence-corrected chi connectivity index (χ1v) is 6.14. The molecule has 0 bridgehead atoms. The summed E-state index contributed by atoms with van der Waals surface area (Å²) in [5, 5.41) is 0. The molecule has 1 saturated carbocycles. The predicted molar refractivity (Wildman–Crippen MR) is 63.5 cm³/mol. The second-order valence-electron chi connectivity index (χ2n) is 4.71. The van der Waals surface area contributed by atoms with Gasteiger partial charge in [0.1, 0.15) is 17.2 Å². The minimum absolute atomic E-state index is 0.209. The maximum atomic E-state index is 13.6. The molecule has 1 aliphatic carbocycles. The molecule has 1 aromatic rings. The Morgan fingerprint density at radius 3 is 2.50 bits per heavy atom. The maximum absolute atomic E-state index is 13.6. The second kappa shape index (κ2) is 5.14. The van der Waals surface area contributed by atoms with Crippen LogP contribution in [0, 0.1) is 11.6 Å². The molecule has 98 valence electrons. The number of rotatable bonds is 3. The van der Waals surface area contributed by atoms with E-state index in [-0.39, 0.29) is 5.56 Å². The number of carbonyl (C=O) groups is 1. The van der Waals surface area contributed by atoms with Crippen molar-refractivity contribution in [1.29, 1.82) is 0 Å². The molecule has 0 N–H and O–H groups in total. The zero-order valence-electron chi connectivity index (χ0n) is 10.3. The maximum Gasteiger partial charge on any atom is 0.197 e. The molecular formula is C14H16F2O2. The lowest BCUT2D eigenvalue weighted by Gasteiger charge is -2.34. The average molecular weight is 254 g/mol. The van der Waals surface area contributed by atoms with Crippen LogP contribution in [0.15, 0.2) is 18.2 Å². The lowest BCUT2D eigenvalue weighted by molar-refractivity contribution is -0.0197. The van der Waals surface area contributed by atoms with E-state index in [0.717, 1.165) is 37.5 Å². The van der Waals surface area contributed by atoms with E-state index in [1.54, 1.807) is 0 Å². The van der Waals surface area contributed by atoms with Crippen LogP contribution in [0.1, 0.15) is 42.5 Å². The molecule has 1 aliphatic rings. The minimum atomic E-state index is -0.979. The van der Waals surface area contributed by atoms with Gasteiger partial charge in [0.25, 0.3) is 0 Å². The van der Waals surface area contributed by atoms with E-state index in [9.17, 15) is 13.6 Å². The molecule has 0 aliphatic heterocycles. The average Bonchev–Trinajstić information content (AvgIpc) is 2.41. The lowest BCUT2D eigenvalue weighted by Crippen LogP contribution is -2.43. The fourth-order valence-electron chi connectivity index (χ4n) is 2.56. The number of carbonyl (C=O) groups excluding carboxylic acids is 1. The van der Waals surface area contributed by atoms with Gasteiger partial charge in [-0.15, -0.1) is 0 Å². The van der Waals surface area contributed by atoms with E-state index in [1.165, 1.54) is 7.11 Å². The van der Waals surface area contributed by atoms with Crippen LogP contribution in [0.2, 0.25) is 0 Å². The van der Waals surface area contributed by atoms with Gasteiger partial charge in [-0.2, -0.15) is 0 Å². The third-order valence-electron chi connectivity index (χ3n) is 3.64. The zero-order valence-corrected chi connectivity index (χ0v) is 10.3. The molecule has 0 radical (unpaired) electrons. The summed E-state index contributed by atoms with van der Waals surface area (Å²) >= 11 is 0. The minimum Gasteiger partial charge on any atom is -0.370 e. The molecule has 1 fully saturated rings. The van der Waals surface area contributed by atoms with Crippen LogP contribution in [-0.4, -0.2) is 18.5 Å². The molecule has 0 heterocycles. The van der Waals surface area contributed by atoms with Crippen LogP contribution in [0.3, 0.4) is 0 Å². The quantitative estimate of drug-likeness (QED) is 0.772. The smallest absolute Gasteiger partial charge is 0.197 e. The van der Waals surface area contributed by atoms with Crippen molar-refractivity contribution in [1.82, 2.24) is 0 Å². The molecule has 18 heavy (non-hydrogen) atoms. The molecule has 0 aromatic heterocycles. The number of ketones is 1. The van der Waals surface area contributed by atoms with Crippen LogP contribution < -0.4 is 0 Å². The molecule has 2 rings (SSSR count). The summed E-state index contributed by atoms with van der Waals surface area (Å²) in [5.74, 6) is -1.74. The van der Waals surface area contributed by atoms with E-state index in [4.69, 9.17) is 4.74 Å². The molecule has 0 unspecified atom stereocenters. The van der Waals surface area contributed by atoms with E-state index in [1.807, 2.05) is 0 Å². The summed E-state index contributed by atoms with van der Waals surface area (Å²) < 4.78 is 32.1. The Balaban J connectivity index is 2.36. The van der Waals surface area contributed by atoms with E-state index >= 15 is 0 Å². The van der Waals surface area contributed by atoms with Crippen molar-refractivity contribution < 1.29 is 18.3 Å². The second-order valence-corrected chi connectivity index (χ2v) is 4.71. The Kier molecular flexibility index (Phi) is 3.76. The van der Waals surface area contributed by atoms with Gasteiger partial charge in [0, 0.05) is 7.11 Å². The van der Waals surface area contributed by atoms with Crippen molar-refractivity contribution in [3.63, 3.8) is 0 Å². The van der Waals surface area contributed by atoms with Crippen molar-refractivity contribution in [3.8, 4) is 0 Å². The standard InChI is InChI=1S/C14H16F2O2/c1-18-14(7-3-2-4-8-14)13(17)11-9-10(15)5-6-12(11)16/h5-6,9H,2-4,7-8H2,1H3. The van der Waals surface area contributed by atoms with Gasteiger partial charge >= 0.3 is 0 Å². The van der Waals surface area contributed by atoms with Gasteiger partial charge in [-0.05, 0) is 31.0 Å². The Bertz CT molecular complexity index is 451. The number of ether oxygens (including phenoxy) is 1. The van der Waals surface area contributed by atoms with Crippen LogP contribution >= 0.6 is 0 Å². The fraction of sp³-hybridized carbons (Fsp3) is 0.500. The Hall–Kier alpha value is -1.29. The van der Waals surface area contributed by atoms with Crippen molar-refractivity contribution in [2.75, 3.05) is 7.11 Å². The molecule has 2 nitrogen and oxygen atoms in total. The highest BCUT2D eigenvalue weighted by atomic mass is 19.1. The predicted octanol–water partition coefficient (Wildman–Crippen LogP) is 3.50. The zero-order chi connectivity index (χ0) is 13.2. The topological polar surface area (TPSA) is 26.3 Å². The first kappa shape index (κ1) is 13.1. The number of halogens is 2. The third kappa shape index (κ3) is 2.29. The highest BCUT2D eigenvalue weighted by Crippen LogP contribution is 2.34. The number of hydrogen-bond donors (Lipinski definition) is 0. The summed E-state index contributed by atoms with van der Waals surface area (Å²) in [6.45, 7) is 0. The van der Waals surface area contributed by atoms with Crippen LogP contribution in [0.5, 0.6) is 0 Å². The number of hydrogen-bond acceptors (Lipinski definition) is 2. The third-order valence-corrected chi connectivity index (χ3v) is 3.64. The molecule has 0 saturated heterocycles. The van der Waals surface area contributed by atoms with E-state index < -0.39 is 23.0 Å². The highest BCUT2D eigenvalue weighted by molar-refractivity contribution is 6.02. The van der Waals surface area contributed by atoms with Gasteiger partial charge in [-0.3, -0.25) is 4.79 Å². The Morgan fingerprint density at radius 1 is 1.22 bits per heavy atom. The number of methoxy groups -OCH3 is 1. The summed E-state index contributed by atoms with van der Waals surface area (Å²) in [5.41, 5.74) is -1.19. The highest BCUT2D eigenvalue weighted by Gasteiger charge is 2.41. The van der Waals surface area contributed by atoms with Gasteiger partial charge in [-0.25, -0.2) is 8.78 Å². The largest absolute Gasteiger partial charge is 0.370 e. The van der Waals surface area contributed by atoms with E-state index in [2.05, 4.69) is 0 Å². The number of benzene rings is 1. The van der Waals surface area contributed by atoms with Crippen LogP contribution in [0.25, 0.3) is 0 Å². The van der Waals surface area contributed by atoms with Gasteiger partial charge < -0.3 is 4.74 Å². The Morgan fingerprint density at radius 2 is 1.89 bits per heavy atom. The molecule has 0 atom stereocenters. The van der Waals surface area contributed by atoms with Gasteiger partial charge in [-0.1, -0.05) is 19.3 Å². The normalized spacial score (nSPS) is 18.6. The monoisotopic (exact) mass is 254 g/mol. The first-order chi connectivity index (χ1) is 8.59. The van der Waals surface area contributed by atoms with Crippen molar-refractivity contribution >= 4 is 5.78 Å². The van der Waals surface area contributed by atoms with Crippen molar-refractivity contribution in [2.24, 2.45) is 0 Å². The van der Waals surface area contributed by atoms with Crippen molar-refractivity contribution in [3.05, 3.63) is 35.4 Å². The van der Waals surface area contributed by atoms with Gasteiger partial charge in [0.15, 0.2) is 5.78 Å². The molecule has 0 spiro atoms.